The molecule has 0 aromatic carbocycles. The second-order valence-electron chi connectivity index (χ2n) is 4.34. The fourth-order valence-corrected chi connectivity index (χ4v) is 1.53. The fourth-order valence-electron chi connectivity index (χ4n) is 1.53. The van der Waals surface area contributed by atoms with Crippen molar-refractivity contribution < 1.29 is 14.2 Å². The lowest BCUT2D eigenvalue weighted by Gasteiger charge is -2.15. The van der Waals surface area contributed by atoms with E-state index < -0.39 is 0 Å². The van der Waals surface area contributed by atoms with Crippen LogP contribution in [0.5, 0.6) is 6.01 Å². The van der Waals surface area contributed by atoms with E-state index in [1.54, 1.807) is 14.2 Å². The maximum Gasteiger partial charge on any atom is 0.323 e. The number of rotatable bonds is 11. The van der Waals surface area contributed by atoms with Gasteiger partial charge in [0.15, 0.2) is 0 Å². The van der Waals surface area contributed by atoms with Crippen molar-refractivity contribution in [3.8, 4) is 6.01 Å². The van der Waals surface area contributed by atoms with Gasteiger partial charge < -0.3 is 24.8 Å². The minimum atomic E-state index is -0.0747. The van der Waals surface area contributed by atoms with Crippen LogP contribution in [0, 0.1) is 0 Å². The van der Waals surface area contributed by atoms with Crippen LogP contribution in [-0.4, -0.2) is 61.6 Å². The molecule has 0 saturated carbocycles. The Morgan fingerprint density at radius 3 is 2.33 bits per heavy atom. The number of methoxy groups -OCH3 is 2. The first-order valence-corrected chi connectivity index (χ1v) is 7.11. The number of aromatic nitrogens is 3. The molecule has 120 valence electrons. The highest BCUT2D eigenvalue weighted by Gasteiger charge is 2.10. The van der Waals surface area contributed by atoms with E-state index >= 15 is 0 Å². The highest BCUT2D eigenvalue weighted by molar-refractivity contribution is 5.35. The molecule has 1 aromatic rings. The third-order valence-corrected chi connectivity index (χ3v) is 2.56. The van der Waals surface area contributed by atoms with Gasteiger partial charge in [-0.05, 0) is 13.3 Å². The van der Waals surface area contributed by atoms with Crippen molar-refractivity contribution in [1.29, 1.82) is 0 Å². The highest BCUT2D eigenvalue weighted by atomic mass is 16.5. The topological polar surface area (TPSA) is 90.4 Å². The molecule has 0 fully saturated rings. The Morgan fingerprint density at radius 2 is 1.76 bits per heavy atom. The predicted molar refractivity (Wildman–Crippen MR) is 80.9 cm³/mol. The second kappa shape index (κ2) is 10.1. The van der Waals surface area contributed by atoms with Gasteiger partial charge in [-0.1, -0.05) is 6.92 Å². The average molecular weight is 299 g/mol. The van der Waals surface area contributed by atoms with E-state index in [0.29, 0.717) is 37.7 Å². The third kappa shape index (κ3) is 6.54. The molecule has 0 spiro atoms. The van der Waals surface area contributed by atoms with Crippen LogP contribution in [0.15, 0.2) is 0 Å². The maximum absolute atomic E-state index is 5.47. The first kappa shape index (κ1) is 17.4. The van der Waals surface area contributed by atoms with Gasteiger partial charge in [-0.25, -0.2) is 0 Å². The first-order chi connectivity index (χ1) is 10.2. The summed E-state index contributed by atoms with van der Waals surface area (Å²) >= 11 is 0. The molecule has 0 aliphatic heterocycles. The average Bonchev–Trinajstić information content (AvgIpc) is 2.49. The van der Waals surface area contributed by atoms with E-state index in [1.807, 2.05) is 13.8 Å². The van der Waals surface area contributed by atoms with Gasteiger partial charge in [-0.15, -0.1) is 0 Å². The number of hydrogen-bond donors (Lipinski definition) is 2. The standard InChI is InChI=1S/C13H25N5O3/c1-5-7-21-13-17-11(14-6-2)16-12(18-13)15-8-10(20-4)9-19-3/h10H,5-9H2,1-4H3,(H2,14,15,16,17,18). The molecular weight excluding hydrogens is 274 g/mol. The van der Waals surface area contributed by atoms with Gasteiger partial charge in [0.1, 0.15) is 0 Å². The van der Waals surface area contributed by atoms with Crippen LogP contribution in [0.25, 0.3) is 0 Å². The van der Waals surface area contributed by atoms with Gasteiger partial charge in [0, 0.05) is 27.3 Å². The number of ether oxygens (including phenoxy) is 3. The van der Waals surface area contributed by atoms with Gasteiger partial charge in [0.05, 0.1) is 19.3 Å². The summed E-state index contributed by atoms with van der Waals surface area (Å²) in [4.78, 5) is 12.7. The zero-order chi connectivity index (χ0) is 15.5. The lowest BCUT2D eigenvalue weighted by Crippen LogP contribution is -2.27. The maximum atomic E-state index is 5.47. The summed E-state index contributed by atoms with van der Waals surface area (Å²) in [6.45, 7) is 6.32. The van der Waals surface area contributed by atoms with Gasteiger partial charge in [0.25, 0.3) is 0 Å². The SMILES string of the molecule is CCCOc1nc(NCC)nc(NCC(COC)OC)n1. The zero-order valence-electron chi connectivity index (χ0n) is 13.2. The molecule has 0 amide bonds. The summed E-state index contributed by atoms with van der Waals surface area (Å²) in [6, 6.07) is 0.311. The Hall–Kier alpha value is -1.67. The summed E-state index contributed by atoms with van der Waals surface area (Å²) < 4.78 is 15.8. The quantitative estimate of drug-likeness (QED) is 0.629. The van der Waals surface area contributed by atoms with Crippen molar-refractivity contribution in [1.82, 2.24) is 15.0 Å². The van der Waals surface area contributed by atoms with Crippen molar-refractivity contribution in [3.05, 3.63) is 0 Å². The number of anilines is 2. The molecule has 1 aromatic heterocycles. The van der Waals surface area contributed by atoms with Gasteiger partial charge >= 0.3 is 6.01 Å². The Labute approximate surface area is 125 Å². The number of nitrogens with zero attached hydrogens (tertiary/aromatic N) is 3. The van der Waals surface area contributed by atoms with Crippen LogP contribution >= 0.6 is 0 Å². The number of nitrogens with one attached hydrogen (secondary N) is 2. The molecule has 0 bridgehead atoms. The smallest absolute Gasteiger partial charge is 0.323 e. The van der Waals surface area contributed by atoms with Crippen LogP contribution in [0.3, 0.4) is 0 Å². The lowest BCUT2D eigenvalue weighted by molar-refractivity contribution is 0.0364. The van der Waals surface area contributed by atoms with E-state index in [-0.39, 0.29) is 6.10 Å². The van der Waals surface area contributed by atoms with Crippen molar-refractivity contribution in [2.75, 3.05) is 51.2 Å². The first-order valence-electron chi connectivity index (χ1n) is 7.11. The van der Waals surface area contributed by atoms with Crippen LogP contribution < -0.4 is 15.4 Å². The molecule has 0 aliphatic carbocycles. The molecule has 8 nitrogen and oxygen atoms in total. The van der Waals surface area contributed by atoms with E-state index in [9.17, 15) is 0 Å². The van der Waals surface area contributed by atoms with Crippen molar-refractivity contribution >= 4 is 11.9 Å². The molecule has 21 heavy (non-hydrogen) atoms. The molecule has 2 N–H and O–H groups in total. The van der Waals surface area contributed by atoms with E-state index in [4.69, 9.17) is 14.2 Å². The monoisotopic (exact) mass is 299 g/mol. The predicted octanol–water partition coefficient (Wildman–Crippen LogP) is 1.17. The van der Waals surface area contributed by atoms with Crippen molar-refractivity contribution in [2.45, 2.75) is 26.4 Å². The summed E-state index contributed by atoms with van der Waals surface area (Å²) in [6.07, 6.45) is 0.819. The Bertz CT molecular complexity index is 405. The minimum Gasteiger partial charge on any atom is -0.463 e. The van der Waals surface area contributed by atoms with Crippen LogP contribution in [-0.2, 0) is 9.47 Å². The van der Waals surface area contributed by atoms with E-state index in [2.05, 4.69) is 25.6 Å². The molecule has 1 rings (SSSR count). The van der Waals surface area contributed by atoms with Crippen LogP contribution in [0.1, 0.15) is 20.3 Å². The van der Waals surface area contributed by atoms with Gasteiger partial charge in [-0.2, -0.15) is 15.0 Å². The molecule has 1 unspecified atom stereocenters. The van der Waals surface area contributed by atoms with Gasteiger partial charge in [0.2, 0.25) is 11.9 Å². The van der Waals surface area contributed by atoms with Crippen molar-refractivity contribution in [2.24, 2.45) is 0 Å². The molecule has 1 atom stereocenters. The van der Waals surface area contributed by atoms with Crippen molar-refractivity contribution in [3.63, 3.8) is 0 Å². The summed E-state index contributed by atoms with van der Waals surface area (Å²) in [5.74, 6) is 0.937. The van der Waals surface area contributed by atoms with E-state index in [0.717, 1.165) is 13.0 Å². The molecule has 8 heteroatoms. The van der Waals surface area contributed by atoms with E-state index in [1.165, 1.54) is 0 Å². The highest BCUT2D eigenvalue weighted by Crippen LogP contribution is 2.11. The van der Waals surface area contributed by atoms with Crippen LogP contribution in [0.2, 0.25) is 0 Å². The molecule has 1 heterocycles. The number of hydrogen-bond acceptors (Lipinski definition) is 8. The second-order valence-corrected chi connectivity index (χ2v) is 4.34. The fraction of sp³-hybridized carbons (Fsp3) is 0.769. The largest absolute Gasteiger partial charge is 0.463 e. The van der Waals surface area contributed by atoms with Crippen LogP contribution in [0.4, 0.5) is 11.9 Å². The Balaban J connectivity index is 2.71. The molecular formula is C13H25N5O3. The summed E-state index contributed by atoms with van der Waals surface area (Å²) in [5.41, 5.74) is 0. The minimum absolute atomic E-state index is 0.0747. The molecule has 0 saturated heterocycles. The zero-order valence-corrected chi connectivity index (χ0v) is 13.2. The summed E-state index contributed by atoms with van der Waals surface area (Å²) in [7, 11) is 3.27. The lowest BCUT2D eigenvalue weighted by atomic mass is 10.4. The summed E-state index contributed by atoms with van der Waals surface area (Å²) in [5, 5.41) is 6.16. The normalized spacial score (nSPS) is 12.0. The molecule has 0 radical (unpaired) electrons. The van der Waals surface area contributed by atoms with Gasteiger partial charge in [-0.3, -0.25) is 0 Å². The molecule has 0 aliphatic rings. The third-order valence-electron chi connectivity index (χ3n) is 2.56. The Kier molecular flexibility index (Phi) is 8.37. The Morgan fingerprint density at radius 1 is 1.05 bits per heavy atom.